The summed E-state index contributed by atoms with van der Waals surface area (Å²) in [4.78, 5) is 53.3. The number of nitrogens with zero attached hydrogens (tertiary/aromatic N) is 6. The number of nitrogens with two attached hydrogens (primary N) is 1. The van der Waals surface area contributed by atoms with Gasteiger partial charge in [-0.05, 0) is 32.1 Å². The highest BCUT2D eigenvalue weighted by Gasteiger charge is 2.47. The van der Waals surface area contributed by atoms with E-state index in [1.807, 2.05) is 0 Å². The predicted molar refractivity (Wildman–Crippen MR) is 139 cm³/mol. The molecule has 0 bridgehead atoms. The number of fused-ring (bicyclic) bond motifs is 1. The lowest BCUT2D eigenvalue weighted by Gasteiger charge is -2.31. The van der Waals surface area contributed by atoms with Gasteiger partial charge in [0.15, 0.2) is 29.9 Å². The van der Waals surface area contributed by atoms with Crippen LogP contribution in [-0.2, 0) is 25.5 Å². The number of aliphatic hydroxyl groups excluding tert-OH is 2. The Bertz CT molecular complexity index is 1260. The van der Waals surface area contributed by atoms with Gasteiger partial charge in [0.05, 0.1) is 6.33 Å². The Morgan fingerprint density at radius 3 is 2.60 bits per heavy atom. The van der Waals surface area contributed by atoms with E-state index in [4.69, 9.17) is 15.2 Å². The molecule has 0 aliphatic carbocycles. The molecule has 0 spiro atoms. The van der Waals surface area contributed by atoms with Crippen LogP contribution in [0.2, 0.25) is 0 Å². The molecule has 5 heterocycles. The Morgan fingerprint density at radius 1 is 1.18 bits per heavy atom. The van der Waals surface area contributed by atoms with Gasteiger partial charge in [-0.25, -0.2) is 19.7 Å². The van der Waals surface area contributed by atoms with Crippen molar-refractivity contribution in [2.75, 3.05) is 39.0 Å². The van der Waals surface area contributed by atoms with Crippen LogP contribution >= 0.6 is 0 Å². The number of hydrogen-bond acceptors (Lipinski definition) is 11. The first-order valence-corrected chi connectivity index (χ1v) is 13.7. The highest BCUT2D eigenvalue weighted by atomic mass is 16.6. The summed E-state index contributed by atoms with van der Waals surface area (Å²) in [6.07, 6.45) is -1.48. The summed E-state index contributed by atoms with van der Waals surface area (Å²) in [5, 5.41) is 23.6. The second-order valence-electron chi connectivity index (χ2n) is 10.6. The highest BCUT2D eigenvalue weighted by Crippen LogP contribution is 2.32. The lowest BCUT2D eigenvalue weighted by atomic mass is 9.92. The fraction of sp³-hybridized carbons (Fsp3) is 0.680. The Kier molecular flexibility index (Phi) is 8.05. The summed E-state index contributed by atoms with van der Waals surface area (Å²) in [7, 11) is 1.70. The van der Waals surface area contributed by atoms with Crippen molar-refractivity contribution in [2.45, 2.75) is 69.7 Å². The molecule has 40 heavy (non-hydrogen) atoms. The molecule has 218 valence electrons. The van der Waals surface area contributed by atoms with E-state index in [0.29, 0.717) is 61.9 Å². The molecule has 5 rings (SSSR count). The van der Waals surface area contributed by atoms with Crippen molar-refractivity contribution in [1.82, 2.24) is 34.6 Å². The number of aryl methyl sites for hydroxylation is 1. The zero-order valence-electron chi connectivity index (χ0n) is 22.6. The van der Waals surface area contributed by atoms with E-state index in [1.165, 1.54) is 10.9 Å². The molecule has 3 aliphatic rings. The molecule has 3 saturated heterocycles. The van der Waals surface area contributed by atoms with Crippen molar-refractivity contribution in [2.24, 2.45) is 5.92 Å². The molecule has 5 N–H and O–H groups in total. The second kappa shape index (κ2) is 11.5. The van der Waals surface area contributed by atoms with Gasteiger partial charge in [-0.2, -0.15) is 0 Å². The number of imidazole rings is 1. The number of amides is 3. The molecule has 3 unspecified atom stereocenters. The van der Waals surface area contributed by atoms with Crippen molar-refractivity contribution in [3.05, 3.63) is 12.2 Å². The number of ether oxygens (including phenoxy) is 2. The van der Waals surface area contributed by atoms with Gasteiger partial charge in [-0.1, -0.05) is 0 Å². The topological polar surface area (TPSA) is 198 Å². The Morgan fingerprint density at radius 2 is 1.93 bits per heavy atom. The zero-order valence-corrected chi connectivity index (χ0v) is 22.6. The number of likely N-dealkylation sites (tertiary alicyclic amines) is 2. The first kappa shape index (κ1) is 28.0. The lowest BCUT2D eigenvalue weighted by molar-refractivity contribution is -0.137. The van der Waals surface area contributed by atoms with Crippen molar-refractivity contribution in [1.29, 1.82) is 0 Å². The van der Waals surface area contributed by atoms with E-state index >= 15 is 0 Å². The molecule has 2 aromatic heterocycles. The minimum Gasteiger partial charge on any atom is -0.436 e. The molecule has 5 atom stereocenters. The fourth-order valence-corrected chi connectivity index (χ4v) is 5.50. The summed E-state index contributed by atoms with van der Waals surface area (Å²) in [5.41, 5.74) is 6.82. The summed E-state index contributed by atoms with van der Waals surface area (Å²) in [6.45, 7) is 3.77. The van der Waals surface area contributed by atoms with Crippen molar-refractivity contribution in [3.8, 4) is 0 Å². The molecule has 0 saturated carbocycles. The predicted octanol–water partition coefficient (Wildman–Crippen LogP) is -0.824. The first-order valence-electron chi connectivity index (χ1n) is 13.7. The monoisotopic (exact) mass is 560 g/mol. The molecule has 3 aliphatic heterocycles. The average Bonchev–Trinajstić information content (AvgIpc) is 3.60. The van der Waals surface area contributed by atoms with Crippen LogP contribution in [0.3, 0.4) is 0 Å². The van der Waals surface area contributed by atoms with Crippen molar-refractivity contribution < 1.29 is 34.1 Å². The molecule has 0 radical (unpaired) electrons. The third-order valence-electron chi connectivity index (χ3n) is 7.89. The number of nitrogen functional groups attached to an aromatic ring is 1. The smallest absolute Gasteiger partial charge is 0.410 e. The third kappa shape index (κ3) is 5.40. The summed E-state index contributed by atoms with van der Waals surface area (Å²) < 4.78 is 12.6. The minimum atomic E-state index is -1.42. The van der Waals surface area contributed by atoms with E-state index in [9.17, 15) is 24.6 Å². The molecule has 15 nitrogen and oxygen atoms in total. The molecule has 3 amide bonds. The summed E-state index contributed by atoms with van der Waals surface area (Å²) >= 11 is 0. The van der Waals surface area contributed by atoms with E-state index in [0.717, 1.165) is 19.3 Å². The van der Waals surface area contributed by atoms with Crippen LogP contribution in [0.25, 0.3) is 11.2 Å². The SMILES string of the molecule is CCNC(=O)[C@H]1O[C@@H](n2cnc3c(N)nc(CCC4CCN(C(=O)OC5CCN(C)C5=O)CC4)nc32)C(O)C1O. The maximum Gasteiger partial charge on any atom is 0.410 e. The van der Waals surface area contributed by atoms with Gasteiger partial charge in [-0.3, -0.25) is 14.2 Å². The van der Waals surface area contributed by atoms with Gasteiger partial charge in [-0.15, -0.1) is 0 Å². The molecule has 2 aromatic rings. The number of anilines is 1. The molecule has 15 heteroatoms. The number of nitrogens with one attached hydrogen (secondary N) is 1. The van der Waals surface area contributed by atoms with Gasteiger partial charge < -0.3 is 40.5 Å². The molecule has 3 fully saturated rings. The van der Waals surface area contributed by atoms with Crippen LogP contribution in [0.5, 0.6) is 0 Å². The van der Waals surface area contributed by atoms with Crippen LogP contribution in [-0.4, -0.2) is 115 Å². The molecular formula is C25H36N8O7. The Labute approximate surface area is 230 Å². The number of aromatic nitrogens is 4. The lowest BCUT2D eigenvalue weighted by Crippen LogP contribution is -2.42. The van der Waals surface area contributed by atoms with Gasteiger partial charge in [0.1, 0.15) is 23.5 Å². The van der Waals surface area contributed by atoms with Crippen molar-refractivity contribution in [3.63, 3.8) is 0 Å². The minimum absolute atomic E-state index is 0.159. The van der Waals surface area contributed by atoms with Gasteiger partial charge >= 0.3 is 6.09 Å². The van der Waals surface area contributed by atoms with Crippen LogP contribution in [0.4, 0.5) is 10.6 Å². The third-order valence-corrected chi connectivity index (χ3v) is 7.89. The Balaban J connectivity index is 1.19. The number of aliphatic hydroxyl groups is 2. The maximum absolute atomic E-state index is 12.5. The van der Waals surface area contributed by atoms with E-state index in [1.54, 1.807) is 23.8 Å². The van der Waals surface area contributed by atoms with E-state index < -0.39 is 42.6 Å². The summed E-state index contributed by atoms with van der Waals surface area (Å²) in [6, 6.07) is 0. The van der Waals surface area contributed by atoms with E-state index in [-0.39, 0.29) is 11.7 Å². The van der Waals surface area contributed by atoms with Crippen LogP contribution in [0.1, 0.15) is 44.7 Å². The maximum atomic E-state index is 12.5. The Hall–Kier alpha value is -3.56. The molecular weight excluding hydrogens is 524 g/mol. The normalized spacial score (nSPS) is 27.5. The van der Waals surface area contributed by atoms with Crippen LogP contribution < -0.4 is 11.1 Å². The highest BCUT2D eigenvalue weighted by molar-refractivity contribution is 5.85. The number of likely N-dealkylation sites (N-methyl/N-ethyl adjacent to an activating group) is 2. The zero-order chi connectivity index (χ0) is 28.6. The van der Waals surface area contributed by atoms with Gasteiger partial charge in [0.2, 0.25) is 0 Å². The molecule has 0 aromatic carbocycles. The fourth-order valence-electron chi connectivity index (χ4n) is 5.50. The van der Waals surface area contributed by atoms with Crippen molar-refractivity contribution >= 4 is 34.9 Å². The number of carbonyl (C=O) groups is 3. The van der Waals surface area contributed by atoms with Crippen LogP contribution in [0.15, 0.2) is 6.33 Å². The van der Waals surface area contributed by atoms with Gasteiger partial charge in [0, 0.05) is 46.1 Å². The number of rotatable bonds is 7. The van der Waals surface area contributed by atoms with Gasteiger partial charge in [0.25, 0.3) is 11.8 Å². The van der Waals surface area contributed by atoms with E-state index in [2.05, 4.69) is 20.3 Å². The largest absolute Gasteiger partial charge is 0.436 e. The number of carbonyl (C=O) groups excluding carboxylic acids is 3. The average molecular weight is 561 g/mol. The quantitative estimate of drug-likeness (QED) is 0.330. The standard InChI is InChI=1S/C25H36N8O7/c1-3-27-22(36)19-17(34)18(35)24(40-19)33-12-28-16-20(26)29-15(30-21(16)33)5-4-13-6-10-32(11-7-13)25(38)39-14-8-9-31(2)23(14)37/h12-14,17-19,24,34-35H,3-11H2,1-2H3,(H,27,36)(H2,26,29,30)/t14?,17?,18?,19-,24+/m0/s1. The number of piperidine rings is 1. The summed E-state index contributed by atoms with van der Waals surface area (Å²) in [5.74, 6) is 0.326. The number of hydrogen-bond donors (Lipinski definition) is 4. The first-order chi connectivity index (χ1) is 19.2. The van der Waals surface area contributed by atoms with Crippen LogP contribution in [0, 0.1) is 5.92 Å². The second-order valence-corrected chi connectivity index (χ2v) is 10.6.